The Morgan fingerprint density at radius 1 is 1.07 bits per heavy atom. The average molecular weight is 396 g/mol. The van der Waals surface area contributed by atoms with Gasteiger partial charge in [0, 0.05) is 0 Å². The number of fused-ring (bicyclic) bond motifs is 1. The van der Waals surface area contributed by atoms with Gasteiger partial charge in [-0.05, 0) is 13.3 Å². The smallest absolute Gasteiger partial charge is 0.343 e. The van der Waals surface area contributed by atoms with Gasteiger partial charge in [0.05, 0.1) is 0 Å². The van der Waals surface area contributed by atoms with Crippen molar-refractivity contribution in [3.63, 3.8) is 0 Å². The molecule has 0 saturated heterocycles. The minimum absolute atomic E-state index is 0. The first-order valence-electron chi connectivity index (χ1n) is 9.79. The second-order valence-electron chi connectivity index (χ2n) is 5.94. The van der Waals surface area contributed by atoms with Crippen LogP contribution in [0.4, 0.5) is 0 Å². The van der Waals surface area contributed by atoms with E-state index in [9.17, 15) is 0 Å². The molecular weight excluding hydrogens is 360 g/mol. The van der Waals surface area contributed by atoms with E-state index in [0.717, 1.165) is 25.7 Å². The topological polar surface area (TPSA) is 0 Å². The zero-order valence-electron chi connectivity index (χ0n) is 17.5. The van der Waals surface area contributed by atoms with Crippen molar-refractivity contribution in [1.82, 2.24) is 0 Å². The van der Waals surface area contributed by atoms with Crippen molar-refractivity contribution in [3.8, 4) is 0 Å². The van der Waals surface area contributed by atoms with Crippen molar-refractivity contribution in [2.75, 3.05) is 0 Å². The van der Waals surface area contributed by atoms with Gasteiger partial charge in [-0.15, -0.1) is 36.1 Å². The van der Waals surface area contributed by atoms with Crippen LogP contribution in [0.25, 0.3) is 10.8 Å². The first-order chi connectivity index (χ1) is 12.7. The van der Waals surface area contributed by atoms with E-state index in [2.05, 4.69) is 101 Å². The third-order valence-electron chi connectivity index (χ3n) is 3.59. The van der Waals surface area contributed by atoms with Crippen LogP contribution in [0.5, 0.6) is 0 Å². The molecule has 0 aliphatic heterocycles. The number of benzene rings is 1. The molecule has 27 heavy (non-hydrogen) atoms. The normalized spacial score (nSPS) is 11.4. The summed E-state index contributed by atoms with van der Waals surface area (Å²) >= 11 is 0. The quantitative estimate of drug-likeness (QED) is 0.276. The summed E-state index contributed by atoms with van der Waals surface area (Å²) in [4.78, 5) is 0. The van der Waals surface area contributed by atoms with Gasteiger partial charge >= 0.3 is 21.7 Å². The maximum absolute atomic E-state index is 3.60. The molecule has 0 heterocycles. The van der Waals surface area contributed by atoms with Crippen LogP contribution in [0.3, 0.4) is 0 Å². The molecule has 0 bridgehead atoms. The summed E-state index contributed by atoms with van der Waals surface area (Å²) < 4.78 is 0. The van der Waals surface area contributed by atoms with Gasteiger partial charge in [-0.25, -0.2) is 11.6 Å². The Hall–Kier alpha value is -1.24. The van der Waals surface area contributed by atoms with Gasteiger partial charge in [-0.3, -0.25) is 6.08 Å². The first kappa shape index (κ1) is 28.0. The van der Waals surface area contributed by atoms with Crippen LogP contribution in [0.1, 0.15) is 59.3 Å². The minimum Gasteiger partial charge on any atom is -0.343 e. The molecule has 0 spiro atoms. The Bertz CT molecular complexity index is 590. The summed E-state index contributed by atoms with van der Waals surface area (Å²) in [6.07, 6.45) is 18.4. The van der Waals surface area contributed by atoms with Gasteiger partial charge < -0.3 is 13.8 Å². The molecule has 2 aromatic rings. The SMILES string of the molecule is CC=CCC1=[C-]CC=C1.[CH2-]CCC.[CH2-]CCC.[Ti+4].c1ccc2[cH-]ccc2c1. The van der Waals surface area contributed by atoms with Gasteiger partial charge in [0.1, 0.15) is 0 Å². The van der Waals surface area contributed by atoms with Crippen LogP contribution in [-0.4, -0.2) is 0 Å². The van der Waals surface area contributed by atoms with E-state index in [0.29, 0.717) is 0 Å². The Balaban J connectivity index is 0. The average Bonchev–Trinajstić information content (AvgIpc) is 3.38. The van der Waals surface area contributed by atoms with Crippen LogP contribution in [-0.2, 0) is 21.7 Å². The predicted molar refractivity (Wildman–Crippen MR) is 120 cm³/mol. The standard InChI is InChI=1S/C9H7.C9H11.2C4H9.Ti/c1-2-5-9-7-3-6-8(9)4-1;1-2-3-6-9-7-4-5-8-9;2*1-3-4-2;/h1-7H;2-4,7H,5-6H2,1H3;2*1,3-4H2,2H3;/q4*-1;+4. The van der Waals surface area contributed by atoms with Crippen molar-refractivity contribution in [1.29, 1.82) is 0 Å². The summed E-state index contributed by atoms with van der Waals surface area (Å²) in [5.41, 5.74) is 1.33. The summed E-state index contributed by atoms with van der Waals surface area (Å²) in [5.74, 6) is 0. The summed E-state index contributed by atoms with van der Waals surface area (Å²) in [6.45, 7) is 13.5. The molecule has 0 unspecified atom stereocenters. The first-order valence-corrected chi connectivity index (χ1v) is 9.79. The van der Waals surface area contributed by atoms with Crippen molar-refractivity contribution in [3.05, 3.63) is 92.3 Å². The molecular formula is C26H36Ti. The number of allylic oxidation sites excluding steroid dienone is 6. The molecule has 0 saturated carbocycles. The Morgan fingerprint density at radius 3 is 2.19 bits per heavy atom. The number of rotatable bonds is 4. The Morgan fingerprint density at radius 2 is 1.70 bits per heavy atom. The fraction of sp³-hybridized carbons (Fsp3) is 0.346. The van der Waals surface area contributed by atoms with E-state index < -0.39 is 0 Å². The van der Waals surface area contributed by atoms with Crippen molar-refractivity contribution in [2.45, 2.75) is 59.3 Å². The molecule has 0 aromatic heterocycles. The zero-order chi connectivity index (χ0) is 19.5. The molecule has 0 N–H and O–H groups in total. The van der Waals surface area contributed by atoms with Gasteiger partial charge in [0.15, 0.2) is 0 Å². The van der Waals surface area contributed by atoms with Crippen LogP contribution in [0.15, 0.2) is 72.3 Å². The Labute approximate surface area is 183 Å². The molecule has 1 heteroatoms. The van der Waals surface area contributed by atoms with Crippen LogP contribution < -0.4 is 0 Å². The minimum atomic E-state index is 0. The van der Waals surface area contributed by atoms with E-state index in [1.807, 2.05) is 6.92 Å². The maximum atomic E-state index is 3.60. The van der Waals surface area contributed by atoms with Crippen molar-refractivity contribution >= 4 is 10.8 Å². The Kier molecular flexibility index (Phi) is 21.8. The van der Waals surface area contributed by atoms with E-state index in [-0.39, 0.29) is 21.7 Å². The summed E-state index contributed by atoms with van der Waals surface area (Å²) in [5, 5.41) is 2.66. The number of unbranched alkanes of at least 4 members (excludes halogenated alkanes) is 2. The van der Waals surface area contributed by atoms with Crippen LogP contribution >= 0.6 is 0 Å². The van der Waals surface area contributed by atoms with Gasteiger partial charge in [0.25, 0.3) is 0 Å². The number of hydrogen-bond donors (Lipinski definition) is 0. The second-order valence-corrected chi connectivity index (χ2v) is 5.94. The fourth-order valence-electron chi connectivity index (χ4n) is 1.91. The van der Waals surface area contributed by atoms with E-state index >= 15 is 0 Å². The van der Waals surface area contributed by atoms with E-state index in [4.69, 9.17) is 0 Å². The third-order valence-corrected chi connectivity index (χ3v) is 3.59. The fourth-order valence-corrected chi connectivity index (χ4v) is 1.91. The summed E-state index contributed by atoms with van der Waals surface area (Å²) in [7, 11) is 0. The second kappa shape index (κ2) is 21.1. The predicted octanol–water partition coefficient (Wildman–Crippen LogP) is 8.44. The molecule has 144 valence electrons. The van der Waals surface area contributed by atoms with E-state index in [1.54, 1.807) is 0 Å². The van der Waals surface area contributed by atoms with E-state index in [1.165, 1.54) is 29.2 Å². The number of hydrogen-bond acceptors (Lipinski definition) is 0. The monoisotopic (exact) mass is 396 g/mol. The van der Waals surface area contributed by atoms with Crippen LogP contribution in [0, 0.1) is 19.9 Å². The molecule has 2 aromatic carbocycles. The van der Waals surface area contributed by atoms with Gasteiger partial charge in [-0.1, -0.05) is 44.9 Å². The zero-order valence-corrected chi connectivity index (χ0v) is 19.1. The molecule has 0 radical (unpaired) electrons. The molecule has 1 aliphatic carbocycles. The van der Waals surface area contributed by atoms with Crippen molar-refractivity contribution < 1.29 is 21.7 Å². The third kappa shape index (κ3) is 15.5. The largest absolute Gasteiger partial charge is 4.00 e. The molecule has 0 amide bonds. The van der Waals surface area contributed by atoms with Crippen molar-refractivity contribution in [2.24, 2.45) is 0 Å². The molecule has 3 rings (SSSR count). The molecule has 0 fully saturated rings. The van der Waals surface area contributed by atoms with Gasteiger partial charge in [0.2, 0.25) is 0 Å². The van der Waals surface area contributed by atoms with Crippen LogP contribution in [0.2, 0.25) is 0 Å². The molecule has 1 aliphatic rings. The maximum Gasteiger partial charge on any atom is 4.00 e. The molecule has 0 nitrogen and oxygen atoms in total. The summed E-state index contributed by atoms with van der Waals surface area (Å²) in [6, 6.07) is 14.7. The van der Waals surface area contributed by atoms with Gasteiger partial charge in [-0.2, -0.15) is 36.4 Å². The molecule has 0 atom stereocenters.